The van der Waals surface area contributed by atoms with Gasteiger partial charge in [-0.3, -0.25) is 0 Å². The highest BCUT2D eigenvalue weighted by molar-refractivity contribution is 5.87. The molecule has 0 aliphatic heterocycles. The summed E-state index contributed by atoms with van der Waals surface area (Å²) in [4.78, 5) is 12.5. The van der Waals surface area contributed by atoms with Gasteiger partial charge in [0.2, 0.25) is 5.95 Å². The van der Waals surface area contributed by atoms with Gasteiger partial charge in [0.1, 0.15) is 5.56 Å². The molecule has 3 nitrogen and oxygen atoms in total. The monoisotopic (exact) mass is 177 g/mol. The average Bonchev–Trinajstić information content (AvgIpc) is 1.96. The van der Waals surface area contributed by atoms with Gasteiger partial charge in [0, 0.05) is 0 Å². The van der Waals surface area contributed by atoms with E-state index in [4.69, 9.17) is 5.11 Å². The Morgan fingerprint density at radius 1 is 1.33 bits per heavy atom. The molecule has 0 spiro atoms. The van der Waals surface area contributed by atoms with Crippen molar-refractivity contribution in [3.8, 4) is 0 Å². The second-order valence-electron chi connectivity index (χ2n) is 1.90. The molecule has 12 heavy (non-hydrogen) atoms. The number of rotatable bonds is 1. The molecule has 0 bridgehead atoms. The van der Waals surface area contributed by atoms with Gasteiger partial charge in [0.15, 0.2) is 5.82 Å². The molecular formula is C6H2F3NO2. The number of halogens is 3. The van der Waals surface area contributed by atoms with Crippen LogP contribution in [-0.2, 0) is 0 Å². The SMILES string of the molecule is O=C(O)c1cc(F)c(F)nc1F. The van der Waals surface area contributed by atoms with E-state index in [1.54, 1.807) is 0 Å². The summed E-state index contributed by atoms with van der Waals surface area (Å²) < 4.78 is 36.7. The van der Waals surface area contributed by atoms with Crippen molar-refractivity contribution >= 4 is 5.97 Å². The van der Waals surface area contributed by atoms with Crippen LogP contribution in [0.3, 0.4) is 0 Å². The number of aromatic nitrogens is 1. The van der Waals surface area contributed by atoms with E-state index in [1.165, 1.54) is 0 Å². The lowest BCUT2D eigenvalue weighted by molar-refractivity contribution is 0.0689. The Hall–Kier alpha value is -1.59. The molecule has 1 aromatic heterocycles. The molecule has 0 unspecified atom stereocenters. The maximum atomic E-state index is 12.4. The van der Waals surface area contributed by atoms with Gasteiger partial charge in [-0.25, -0.2) is 9.18 Å². The molecule has 64 valence electrons. The molecule has 0 fully saturated rings. The topological polar surface area (TPSA) is 50.2 Å². The highest BCUT2D eigenvalue weighted by atomic mass is 19.2. The number of aromatic carboxylic acids is 1. The van der Waals surface area contributed by atoms with E-state index < -0.39 is 29.2 Å². The molecular weight excluding hydrogens is 175 g/mol. The summed E-state index contributed by atoms with van der Waals surface area (Å²) in [5, 5.41) is 8.21. The highest BCUT2D eigenvalue weighted by Crippen LogP contribution is 2.09. The summed E-state index contributed by atoms with van der Waals surface area (Å²) in [5.74, 6) is -6.38. The number of carbonyl (C=O) groups is 1. The molecule has 6 heteroatoms. The smallest absolute Gasteiger partial charge is 0.340 e. The second kappa shape index (κ2) is 2.80. The van der Waals surface area contributed by atoms with Gasteiger partial charge in [-0.15, -0.1) is 0 Å². The van der Waals surface area contributed by atoms with Gasteiger partial charge in [-0.2, -0.15) is 13.8 Å². The summed E-state index contributed by atoms with van der Waals surface area (Å²) in [6, 6.07) is 0.236. The predicted octanol–water partition coefficient (Wildman–Crippen LogP) is 1.20. The molecule has 1 heterocycles. The minimum atomic E-state index is -1.70. The third-order valence-electron chi connectivity index (χ3n) is 1.12. The molecule has 0 aromatic carbocycles. The van der Waals surface area contributed by atoms with Crippen LogP contribution in [0.1, 0.15) is 10.4 Å². The number of hydrogen-bond acceptors (Lipinski definition) is 2. The highest BCUT2D eigenvalue weighted by Gasteiger charge is 2.16. The molecule has 0 aliphatic carbocycles. The largest absolute Gasteiger partial charge is 0.478 e. The Morgan fingerprint density at radius 2 is 1.92 bits per heavy atom. The molecule has 0 atom stereocenters. The van der Waals surface area contributed by atoms with Gasteiger partial charge in [-0.1, -0.05) is 0 Å². The van der Waals surface area contributed by atoms with Crippen molar-refractivity contribution in [1.82, 2.24) is 4.98 Å². The van der Waals surface area contributed by atoms with Crippen molar-refractivity contribution in [2.45, 2.75) is 0 Å². The lowest BCUT2D eigenvalue weighted by atomic mass is 10.3. The van der Waals surface area contributed by atoms with Gasteiger partial charge < -0.3 is 5.11 Å². The van der Waals surface area contributed by atoms with Crippen LogP contribution in [0.15, 0.2) is 6.07 Å². The third kappa shape index (κ3) is 1.36. The van der Waals surface area contributed by atoms with E-state index in [9.17, 15) is 18.0 Å². The first-order chi connectivity index (χ1) is 5.52. The lowest BCUT2D eigenvalue weighted by Crippen LogP contribution is -2.06. The quantitative estimate of drug-likeness (QED) is 0.655. The van der Waals surface area contributed by atoms with Gasteiger partial charge in [-0.05, 0) is 6.07 Å². The molecule has 1 N–H and O–H groups in total. The van der Waals surface area contributed by atoms with Crippen LogP contribution in [0.25, 0.3) is 0 Å². The first kappa shape index (κ1) is 8.51. The van der Waals surface area contributed by atoms with E-state index in [0.717, 1.165) is 0 Å². The predicted molar refractivity (Wildman–Crippen MR) is 31.1 cm³/mol. The van der Waals surface area contributed by atoms with Gasteiger partial charge in [0.05, 0.1) is 0 Å². The molecule has 0 saturated carbocycles. The molecule has 0 aliphatic rings. The summed E-state index contributed by atoms with van der Waals surface area (Å²) >= 11 is 0. The molecule has 0 radical (unpaired) electrons. The lowest BCUT2D eigenvalue weighted by Gasteiger charge is -1.96. The van der Waals surface area contributed by atoms with Crippen LogP contribution in [-0.4, -0.2) is 16.1 Å². The van der Waals surface area contributed by atoms with E-state index in [0.29, 0.717) is 0 Å². The minimum absolute atomic E-state index is 0.236. The molecule has 1 rings (SSSR count). The van der Waals surface area contributed by atoms with Crippen molar-refractivity contribution in [1.29, 1.82) is 0 Å². The maximum Gasteiger partial charge on any atom is 0.340 e. The third-order valence-corrected chi connectivity index (χ3v) is 1.12. The zero-order chi connectivity index (χ0) is 9.30. The summed E-state index contributed by atoms with van der Waals surface area (Å²) in [7, 11) is 0. The van der Waals surface area contributed by atoms with Gasteiger partial charge in [0.25, 0.3) is 5.95 Å². The Balaban J connectivity index is 3.33. The number of carboxylic acid groups (broad SMARTS) is 1. The van der Waals surface area contributed by atoms with E-state index in [1.807, 2.05) is 0 Å². The summed E-state index contributed by atoms with van der Waals surface area (Å²) in [6.45, 7) is 0. The fraction of sp³-hybridized carbons (Fsp3) is 0. The zero-order valence-corrected chi connectivity index (χ0v) is 5.51. The Bertz CT molecular complexity index is 340. The maximum absolute atomic E-state index is 12.4. The average molecular weight is 177 g/mol. The molecule has 1 aromatic rings. The molecule has 0 amide bonds. The van der Waals surface area contributed by atoms with E-state index in [2.05, 4.69) is 4.98 Å². The Labute approximate surface area is 64.5 Å². The fourth-order valence-corrected chi connectivity index (χ4v) is 0.596. The first-order valence-corrected chi connectivity index (χ1v) is 2.77. The van der Waals surface area contributed by atoms with Crippen LogP contribution in [0.2, 0.25) is 0 Å². The van der Waals surface area contributed by atoms with Crippen LogP contribution in [0.4, 0.5) is 13.2 Å². The van der Waals surface area contributed by atoms with Crippen molar-refractivity contribution in [3.63, 3.8) is 0 Å². The van der Waals surface area contributed by atoms with Crippen molar-refractivity contribution in [2.24, 2.45) is 0 Å². The van der Waals surface area contributed by atoms with Crippen molar-refractivity contribution in [3.05, 3.63) is 29.3 Å². The van der Waals surface area contributed by atoms with Crippen LogP contribution < -0.4 is 0 Å². The second-order valence-corrected chi connectivity index (χ2v) is 1.90. The summed E-state index contributed by atoms with van der Waals surface area (Å²) in [6.07, 6.45) is 0. The normalized spacial score (nSPS) is 9.92. The van der Waals surface area contributed by atoms with Crippen LogP contribution in [0, 0.1) is 17.7 Å². The number of hydrogen-bond donors (Lipinski definition) is 1. The standard InChI is InChI=1S/C6H2F3NO2/c7-3-1-2(6(11)12)4(8)10-5(3)9/h1H,(H,11,12). The number of nitrogens with zero attached hydrogens (tertiary/aromatic N) is 1. The van der Waals surface area contributed by atoms with Crippen molar-refractivity contribution in [2.75, 3.05) is 0 Å². The molecule has 0 saturated heterocycles. The number of pyridine rings is 1. The summed E-state index contributed by atoms with van der Waals surface area (Å²) in [5.41, 5.74) is -0.992. The number of carboxylic acids is 1. The Morgan fingerprint density at radius 3 is 2.42 bits per heavy atom. The van der Waals surface area contributed by atoms with Crippen molar-refractivity contribution < 1.29 is 23.1 Å². The zero-order valence-electron chi connectivity index (χ0n) is 5.51. The van der Waals surface area contributed by atoms with Crippen LogP contribution in [0.5, 0.6) is 0 Å². The van der Waals surface area contributed by atoms with Gasteiger partial charge >= 0.3 is 5.97 Å². The van der Waals surface area contributed by atoms with E-state index >= 15 is 0 Å². The van der Waals surface area contributed by atoms with Crippen LogP contribution >= 0.6 is 0 Å². The first-order valence-electron chi connectivity index (χ1n) is 2.77. The Kier molecular flexibility index (Phi) is 1.99. The minimum Gasteiger partial charge on any atom is -0.478 e. The van der Waals surface area contributed by atoms with E-state index in [-0.39, 0.29) is 6.07 Å². The fourth-order valence-electron chi connectivity index (χ4n) is 0.596.